The number of thiophene rings is 1. The van der Waals surface area contributed by atoms with E-state index >= 15 is 0 Å². The molecule has 1 heterocycles. The highest BCUT2D eigenvalue weighted by Gasteiger charge is 2.22. The van der Waals surface area contributed by atoms with Crippen LogP contribution in [0.5, 0.6) is 0 Å². The molecule has 0 aliphatic rings. The summed E-state index contributed by atoms with van der Waals surface area (Å²) in [6.07, 6.45) is 0. The number of benzene rings is 1. The summed E-state index contributed by atoms with van der Waals surface area (Å²) < 4.78 is 25.6. The molecule has 1 N–H and O–H groups in total. The molecule has 0 saturated carbocycles. The number of carbonyl (C=O) groups is 1. The van der Waals surface area contributed by atoms with E-state index < -0.39 is 15.9 Å². The molecular weight excluding hydrogens is 379 g/mol. The van der Waals surface area contributed by atoms with Crippen molar-refractivity contribution in [3.05, 3.63) is 44.6 Å². The molecule has 0 aliphatic carbocycles. The van der Waals surface area contributed by atoms with E-state index in [9.17, 15) is 13.2 Å². The van der Waals surface area contributed by atoms with E-state index in [-0.39, 0.29) is 9.77 Å². The first kappa shape index (κ1) is 18.2. The number of hydrogen-bond donors (Lipinski definition) is 1. The molecule has 1 aromatic carbocycles. The number of nitrogens with one attached hydrogen (secondary N) is 1. The molecule has 5 nitrogen and oxygen atoms in total. The molecule has 124 valence electrons. The average molecular weight is 393 g/mol. The Hall–Kier alpha value is -1.12. The van der Waals surface area contributed by atoms with Crippen LogP contribution in [0.2, 0.25) is 10.0 Å². The first-order chi connectivity index (χ1) is 10.8. The highest BCUT2D eigenvalue weighted by Crippen LogP contribution is 2.27. The first-order valence-corrected chi connectivity index (χ1v) is 9.64. The molecule has 9 heteroatoms. The second-order valence-electron chi connectivity index (χ2n) is 4.64. The smallest absolute Gasteiger partial charge is 0.265 e. The quantitative estimate of drug-likeness (QED) is 0.837. The third-order valence-electron chi connectivity index (χ3n) is 3.13. The highest BCUT2D eigenvalue weighted by molar-refractivity contribution is 7.89. The fraction of sp³-hybridized carbons (Fsp3) is 0.214. The third kappa shape index (κ3) is 4.05. The fourth-order valence-electron chi connectivity index (χ4n) is 1.70. The molecule has 0 saturated heterocycles. The number of carbonyl (C=O) groups excluding carboxylic acids is 1. The van der Waals surface area contributed by atoms with Crippen molar-refractivity contribution in [2.24, 2.45) is 0 Å². The van der Waals surface area contributed by atoms with Crippen molar-refractivity contribution in [1.29, 1.82) is 0 Å². The normalized spacial score (nSPS) is 11.7. The number of rotatable bonds is 5. The average Bonchev–Trinajstić information content (AvgIpc) is 3.00. The van der Waals surface area contributed by atoms with Gasteiger partial charge >= 0.3 is 0 Å². The SMILES string of the molecule is CCN(C)S(=O)(=O)c1csc(C(=O)Nc2cc(Cl)ccc2Cl)c1. The lowest BCUT2D eigenvalue weighted by Gasteiger charge is -2.12. The summed E-state index contributed by atoms with van der Waals surface area (Å²) in [6, 6.07) is 6.05. The van der Waals surface area contributed by atoms with Gasteiger partial charge in [0.1, 0.15) is 0 Å². The van der Waals surface area contributed by atoms with E-state index in [2.05, 4.69) is 5.32 Å². The summed E-state index contributed by atoms with van der Waals surface area (Å²) in [7, 11) is -2.09. The van der Waals surface area contributed by atoms with Gasteiger partial charge in [0.05, 0.1) is 20.5 Å². The lowest BCUT2D eigenvalue weighted by molar-refractivity contribution is 0.103. The van der Waals surface area contributed by atoms with Crippen molar-refractivity contribution >= 4 is 56.2 Å². The van der Waals surface area contributed by atoms with Gasteiger partial charge in [0.25, 0.3) is 5.91 Å². The third-order valence-corrected chi connectivity index (χ3v) is 6.68. The molecule has 0 aliphatic heterocycles. The molecule has 1 aromatic heterocycles. The molecule has 0 atom stereocenters. The van der Waals surface area contributed by atoms with Crippen LogP contribution in [0.3, 0.4) is 0 Å². The van der Waals surface area contributed by atoms with Gasteiger partial charge in [0.2, 0.25) is 10.0 Å². The van der Waals surface area contributed by atoms with Gasteiger partial charge < -0.3 is 5.32 Å². The minimum atomic E-state index is -3.57. The number of halogens is 2. The largest absolute Gasteiger partial charge is 0.320 e. The van der Waals surface area contributed by atoms with Crippen molar-refractivity contribution in [2.45, 2.75) is 11.8 Å². The number of anilines is 1. The van der Waals surface area contributed by atoms with E-state index in [0.717, 1.165) is 11.3 Å². The van der Waals surface area contributed by atoms with Crippen LogP contribution >= 0.6 is 34.5 Å². The van der Waals surface area contributed by atoms with E-state index in [4.69, 9.17) is 23.2 Å². The minimum absolute atomic E-state index is 0.0918. The summed E-state index contributed by atoms with van der Waals surface area (Å²) in [5.41, 5.74) is 0.368. The number of hydrogen-bond acceptors (Lipinski definition) is 4. The maximum Gasteiger partial charge on any atom is 0.265 e. The fourth-order valence-corrected chi connectivity index (χ4v) is 4.37. The Bertz CT molecular complexity index is 834. The minimum Gasteiger partial charge on any atom is -0.320 e. The molecule has 0 radical (unpaired) electrons. The maximum absolute atomic E-state index is 12.2. The molecule has 23 heavy (non-hydrogen) atoms. The van der Waals surface area contributed by atoms with Gasteiger partial charge in [-0.3, -0.25) is 4.79 Å². The monoisotopic (exact) mass is 392 g/mol. The predicted octanol–water partition coefficient (Wildman–Crippen LogP) is 3.95. The van der Waals surface area contributed by atoms with Crippen LogP contribution in [-0.2, 0) is 10.0 Å². The standard InChI is InChI=1S/C14H14Cl2N2O3S2/c1-3-18(2)23(20,21)10-7-13(22-8-10)14(19)17-12-6-9(15)4-5-11(12)16/h4-8H,3H2,1-2H3,(H,17,19). The number of amides is 1. The molecule has 2 rings (SSSR count). The van der Waals surface area contributed by atoms with Gasteiger partial charge in [-0.2, -0.15) is 0 Å². The summed E-state index contributed by atoms with van der Waals surface area (Å²) >= 11 is 12.9. The second kappa shape index (κ2) is 7.19. The Morgan fingerprint density at radius 3 is 2.65 bits per heavy atom. The topological polar surface area (TPSA) is 66.5 Å². The van der Waals surface area contributed by atoms with Gasteiger partial charge in [-0.05, 0) is 24.3 Å². The Kier molecular flexibility index (Phi) is 5.70. The number of nitrogens with zero attached hydrogens (tertiary/aromatic N) is 1. The van der Waals surface area contributed by atoms with E-state index in [1.54, 1.807) is 19.1 Å². The van der Waals surface area contributed by atoms with Crippen molar-refractivity contribution < 1.29 is 13.2 Å². The predicted molar refractivity (Wildman–Crippen MR) is 94.2 cm³/mol. The van der Waals surface area contributed by atoms with Crippen LogP contribution in [0.15, 0.2) is 34.5 Å². The van der Waals surface area contributed by atoms with E-state index in [1.165, 1.54) is 28.9 Å². The van der Waals surface area contributed by atoms with Gasteiger partial charge in [0, 0.05) is 24.0 Å². The summed E-state index contributed by atoms with van der Waals surface area (Å²) in [5.74, 6) is -0.445. The molecule has 0 unspecified atom stereocenters. The highest BCUT2D eigenvalue weighted by atomic mass is 35.5. The van der Waals surface area contributed by atoms with Crippen LogP contribution < -0.4 is 5.32 Å². The Morgan fingerprint density at radius 2 is 2.00 bits per heavy atom. The van der Waals surface area contributed by atoms with Crippen LogP contribution in [0.25, 0.3) is 0 Å². The van der Waals surface area contributed by atoms with Crippen molar-refractivity contribution in [3.8, 4) is 0 Å². The van der Waals surface area contributed by atoms with Gasteiger partial charge in [0.15, 0.2) is 0 Å². The van der Waals surface area contributed by atoms with Crippen LogP contribution in [0, 0.1) is 0 Å². The maximum atomic E-state index is 12.2. The van der Waals surface area contributed by atoms with Gasteiger partial charge in [-0.1, -0.05) is 30.1 Å². The molecule has 1 amide bonds. The number of sulfonamides is 1. The van der Waals surface area contributed by atoms with Gasteiger partial charge in [-0.25, -0.2) is 12.7 Å². The summed E-state index contributed by atoms with van der Waals surface area (Å²) in [4.78, 5) is 12.6. The van der Waals surface area contributed by atoms with E-state index in [1.807, 2.05) is 0 Å². The van der Waals surface area contributed by atoms with Crippen LogP contribution in [0.1, 0.15) is 16.6 Å². The molecule has 0 bridgehead atoms. The first-order valence-electron chi connectivity index (χ1n) is 6.57. The van der Waals surface area contributed by atoms with Gasteiger partial charge in [-0.15, -0.1) is 11.3 Å². The zero-order valence-electron chi connectivity index (χ0n) is 12.3. The lowest BCUT2D eigenvalue weighted by Crippen LogP contribution is -2.26. The molecule has 0 fully saturated rings. The van der Waals surface area contributed by atoms with Crippen molar-refractivity contribution in [3.63, 3.8) is 0 Å². The summed E-state index contributed by atoms with van der Waals surface area (Å²) in [6.45, 7) is 2.08. The molecular formula is C14H14Cl2N2O3S2. The van der Waals surface area contributed by atoms with Crippen LogP contribution in [0.4, 0.5) is 5.69 Å². The molecule has 0 spiro atoms. The molecule has 2 aromatic rings. The lowest BCUT2D eigenvalue weighted by atomic mass is 10.3. The Balaban J connectivity index is 2.24. The zero-order chi connectivity index (χ0) is 17.2. The summed E-state index contributed by atoms with van der Waals surface area (Å²) in [5, 5.41) is 4.84. The van der Waals surface area contributed by atoms with Crippen molar-refractivity contribution in [2.75, 3.05) is 18.9 Å². The second-order valence-corrected chi connectivity index (χ2v) is 8.44. The van der Waals surface area contributed by atoms with Crippen molar-refractivity contribution in [1.82, 2.24) is 4.31 Å². The van der Waals surface area contributed by atoms with Crippen LogP contribution in [-0.4, -0.2) is 32.2 Å². The van der Waals surface area contributed by atoms with E-state index in [0.29, 0.717) is 22.3 Å². The Labute approximate surface area is 148 Å². The zero-order valence-corrected chi connectivity index (χ0v) is 15.5. The Morgan fingerprint density at radius 1 is 1.30 bits per heavy atom.